The molecule has 0 saturated heterocycles. The highest BCUT2D eigenvalue weighted by molar-refractivity contribution is 6.27. The molecule has 198 valence electrons. The fourth-order valence-corrected chi connectivity index (χ4v) is 7.31. The minimum absolute atomic E-state index is 0.877. The fraction of sp³-hybridized carbons (Fsp3) is 0. The van der Waals surface area contributed by atoms with Gasteiger partial charge in [0.15, 0.2) is 0 Å². The van der Waals surface area contributed by atoms with Gasteiger partial charge in [-0.3, -0.25) is 4.98 Å². The molecule has 0 atom stereocenters. The van der Waals surface area contributed by atoms with Crippen molar-refractivity contribution in [2.24, 2.45) is 0 Å². The fourth-order valence-electron chi connectivity index (χ4n) is 7.31. The molecule has 0 bridgehead atoms. The molecule has 3 nitrogen and oxygen atoms in total. The number of benzene rings is 7. The molecule has 0 unspecified atom stereocenters. The summed E-state index contributed by atoms with van der Waals surface area (Å²) in [4.78, 5) is 10.3. The van der Waals surface area contributed by atoms with Crippen LogP contribution in [0.1, 0.15) is 0 Å². The highest BCUT2D eigenvalue weighted by Gasteiger charge is 2.20. The van der Waals surface area contributed by atoms with E-state index < -0.39 is 0 Å². The predicted molar refractivity (Wildman–Crippen MR) is 180 cm³/mol. The first-order valence-electron chi connectivity index (χ1n) is 14.7. The monoisotopic (exact) mass is 545 g/mol. The van der Waals surface area contributed by atoms with Gasteiger partial charge in [0.2, 0.25) is 0 Å². The van der Waals surface area contributed by atoms with Gasteiger partial charge in [0.25, 0.3) is 0 Å². The molecule has 0 aliphatic rings. The Bertz CT molecular complexity index is 2700. The minimum atomic E-state index is 0.877. The van der Waals surface area contributed by atoms with E-state index in [4.69, 9.17) is 9.97 Å². The highest BCUT2D eigenvalue weighted by Crippen LogP contribution is 2.44. The van der Waals surface area contributed by atoms with E-state index in [1.165, 1.54) is 60.0 Å². The first-order valence-corrected chi connectivity index (χ1v) is 14.7. The Morgan fingerprint density at radius 1 is 0.442 bits per heavy atom. The summed E-state index contributed by atoms with van der Waals surface area (Å²) in [6.45, 7) is 0. The molecule has 3 aromatic heterocycles. The lowest BCUT2D eigenvalue weighted by atomic mass is 9.95. The van der Waals surface area contributed by atoms with Crippen LogP contribution in [0.3, 0.4) is 0 Å². The molecule has 0 aliphatic carbocycles. The van der Waals surface area contributed by atoms with Gasteiger partial charge in [-0.05, 0) is 40.1 Å². The quantitative estimate of drug-likeness (QED) is 0.202. The SMILES string of the molecule is c1cc(-c2cnc3c4ccccc4c4ccccc4c3n2)cc(-c2ccc3c4ccccc4n4c5ccccc5c2c34)c1. The summed E-state index contributed by atoms with van der Waals surface area (Å²) in [5.74, 6) is 0. The molecule has 0 fully saturated rings. The van der Waals surface area contributed by atoms with Crippen molar-refractivity contribution in [1.29, 1.82) is 0 Å². The van der Waals surface area contributed by atoms with Crippen molar-refractivity contribution in [3.63, 3.8) is 0 Å². The number of nitrogens with zero attached hydrogens (tertiary/aromatic N) is 3. The van der Waals surface area contributed by atoms with Gasteiger partial charge in [0.1, 0.15) is 0 Å². The lowest BCUT2D eigenvalue weighted by molar-refractivity contribution is 1.31. The maximum atomic E-state index is 5.26. The van der Waals surface area contributed by atoms with Crippen LogP contribution in [0.5, 0.6) is 0 Å². The van der Waals surface area contributed by atoms with Crippen molar-refractivity contribution < 1.29 is 0 Å². The van der Waals surface area contributed by atoms with Crippen LogP contribution in [0.2, 0.25) is 0 Å². The van der Waals surface area contributed by atoms with E-state index >= 15 is 0 Å². The third kappa shape index (κ3) is 3.03. The van der Waals surface area contributed by atoms with Crippen LogP contribution in [0.25, 0.3) is 93.1 Å². The Hall–Kier alpha value is -5.80. The molecule has 10 rings (SSSR count). The molecule has 0 aliphatic heterocycles. The zero-order valence-electron chi connectivity index (χ0n) is 23.1. The molecule has 3 heterocycles. The molecule has 10 aromatic rings. The molecular weight excluding hydrogens is 522 g/mol. The first kappa shape index (κ1) is 22.8. The minimum Gasteiger partial charge on any atom is -0.308 e. The lowest BCUT2D eigenvalue weighted by Gasteiger charge is -2.11. The number of rotatable bonds is 2. The van der Waals surface area contributed by atoms with Crippen molar-refractivity contribution in [2.45, 2.75) is 0 Å². The second kappa shape index (κ2) is 8.37. The van der Waals surface area contributed by atoms with Crippen LogP contribution in [0, 0.1) is 0 Å². The lowest BCUT2D eigenvalue weighted by Crippen LogP contribution is -1.92. The summed E-state index contributed by atoms with van der Waals surface area (Å²) in [6, 6.07) is 47.9. The molecular formula is C40H23N3. The van der Waals surface area contributed by atoms with Gasteiger partial charge < -0.3 is 4.40 Å². The van der Waals surface area contributed by atoms with Crippen molar-refractivity contribution in [2.75, 3.05) is 0 Å². The maximum absolute atomic E-state index is 5.26. The molecule has 0 spiro atoms. The summed E-state index contributed by atoms with van der Waals surface area (Å²) in [6.07, 6.45) is 1.93. The van der Waals surface area contributed by atoms with E-state index in [0.717, 1.165) is 33.1 Å². The number of aromatic nitrogens is 3. The molecule has 0 saturated carbocycles. The third-order valence-electron chi connectivity index (χ3n) is 9.15. The number of para-hydroxylation sites is 2. The summed E-state index contributed by atoms with van der Waals surface area (Å²) in [5, 5.41) is 9.83. The van der Waals surface area contributed by atoms with E-state index in [1.807, 2.05) is 6.20 Å². The molecule has 7 aromatic carbocycles. The number of hydrogen-bond donors (Lipinski definition) is 0. The van der Waals surface area contributed by atoms with Crippen LogP contribution in [0.15, 0.2) is 140 Å². The summed E-state index contributed by atoms with van der Waals surface area (Å²) < 4.78 is 2.44. The number of hydrogen-bond acceptors (Lipinski definition) is 2. The van der Waals surface area contributed by atoms with Crippen molar-refractivity contribution >= 4 is 70.7 Å². The van der Waals surface area contributed by atoms with Crippen LogP contribution >= 0.6 is 0 Å². The second-order valence-electron chi connectivity index (χ2n) is 11.4. The molecule has 43 heavy (non-hydrogen) atoms. The Balaban J connectivity index is 1.23. The standard InChI is InChI=1S/C40H23N3/c1-3-15-30-27(12-1)28-13-2-4-16-31(28)39-38(30)41-23-34(42-39)25-11-9-10-24(22-25)26-20-21-32-29-14-5-7-18-35(29)43-36-19-8-6-17-33(36)37(26)40(32)43/h1-23H. The van der Waals surface area contributed by atoms with E-state index in [9.17, 15) is 0 Å². The first-order chi connectivity index (χ1) is 21.3. The van der Waals surface area contributed by atoms with Crippen molar-refractivity contribution in [1.82, 2.24) is 14.4 Å². The largest absolute Gasteiger partial charge is 0.308 e. The Labute approximate surface area is 246 Å². The zero-order chi connectivity index (χ0) is 28.1. The van der Waals surface area contributed by atoms with Gasteiger partial charge in [0.05, 0.1) is 39.5 Å². The highest BCUT2D eigenvalue weighted by atomic mass is 14.9. The predicted octanol–water partition coefficient (Wildman–Crippen LogP) is 10.4. The van der Waals surface area contributed by atoms with E-state index in [-0.39, 0.29) is 0 Å². The van der Waals surface area contributed by atoms with Crippen LogP contribution < -0.4 is 0 Å². The molecule has 0 N–H and O–H groups in total. The third-order valence-corrected chi connectivity index (χ3v) is 9.15. The smallest absolute Gasteiger partial charge is 0.0979 e. The van der Waals surface area contributed by atoms with Gasteiger partial charge in [-0.2, -0.15) is 0 Å². The van der Waals surface area contributed by atoms with Gasteiger partial charge in [-0.25, -0.2) is 4.98 Å². The Morgan fingerprint density at radius 2 is 1.05 bits per heavy atom. The molecule has 0 radical (unpaired) electrons. The van der Waals surface area contributed by atoms with E-state index in [2.05, 4.69) is 138 Å². The topological polar surface area (TPSA) is 30.2 Å². The molecule has 0 amide bonds. The summed E-state index contributed by atoms with van der Waals surface area (Å²) >= 11 is 0. The molecule has 3 heteroatoms. The van der Waals surface area contributed by atoms with Crippen LogP contribution in [-0.2, 0) is 0 Å². The van der Waals surface area contributed by atoms with Gasteiger partial charge in [-0.1, -0.05) is 115 Å². The van der Waals surface area contributed by atoms with E-state index in [0.29, 0.717) is 0 Å². The van der Waals surface area contributed by atoms with Crippen LogP contribution in [0.4, 0.5) is 0 Å². The second-order valence-corrected chi connectivity index (χ2v) is 11.4. The zero-order valence-corrected chi connectivity index (χ0v) is 23.1. The van der Waals surface area contributed by atoms with Crippen molar-refractivity contribution in [3.8, 4) is 22.4 Å². The van der Waals surface area contributed by atoms with Crippen molar-refractivity contribution in [3.05, 3.63) is 140 Å². The van der Waals surface area contributed by atoms with E-state index in [1.54, 1.807) is 0 Å². The Kier molecular flexibility index (Phi) is 4.45. The normalized spacial score (nSPS) is 12.2. The maximum Gasteiger partial charge on any atom is 0.0979 e. The number of fused-ring (bicyclic) bond motifs is 12. The van der Waals surface area contributed by atoms with Gasteiger partial charge >= 0.3 is 0 Å². The average molecular weight is 546 g/mol. The van der Waals surface area contributed by atoms with Gasteiger partial charge in [-0.15, -0.1) is 0 Å². The summed E-state index contributed by atoms with van der Waals surface area (Å²) in [7, 11) is 0. The average Bonchev–Trinajstić information content (AvgIpc) is 3.61. The summed E-state index contributed by atoms with van der Waals surface area (Å²) in [5.41, 5.74) is 10.0. The van der Waals surface area contributed by atoms with Crippen LogP contribution in [-0.4, -0.2) is 14.4 Å². The van der Waals surface area contributed by atoms with Gasteiger partial charge in [0, 0.05) is 37.9 Å². The Morgan fingerprint density at radius 3 is 1.81 bits per heavy atom.